The maximum atomic E-state index is 10.7. The molecule has 6 N–H and O–H groups in total. The van der Waals surface area contributed by atoms with Crippen LogP contribution in [-0.2, 0) is 4.74 Å². The van der Waals surface area contributed by atoms with Crippen LogP contribution in [0.15, 0.2) is 12.3 Å². The molecule has 0 aromatic carbocycles. The fraction of sp³-hybridized carbons (Fsp3) is 0.600. The van der Waals surface area contributed by atoms with Gasteiger partial charge < -0.3 is 35.7 Å². The summed E-state index contributed by atoms with van der Waals surface area (Å²) in [7, 11) is 0. The number of ether oxygens (including phenoxy) is 1. The summed E-state index contributed by atoms with van der Waals surface area (Å²) in [6, 6.07) is 2.22. The van der Waals surface area contributed by atoms with Gasteiger partial charge in [-0.3, -0.25) is 0 Å². The van der Waals surface area contributed by atoms with Crippen LogP contribution in [0.4, 0.5) is 11.8 Å². The first-order chi connectivity index (χ1) is 11.4. The highest BCUT2D eigenvalue weighted by atomic mass is 16.6. The highest BCUT2D eigenvalue weighted by Crippen LogP contribution is 2.40. The number of nitrogen functional groups attached to an aromatic ring is 1. The second kappa shape index (κ2) is 5.28. The van der Waals surface area contributed by atoms with Crippen LogP contribution in [0.25, 0.3) is 11.0 Å². The van der Waals surface area contributed by atoms with Gasteiger partial charge in [-0.2, -0.15) is 9.97 Å². The zero-order chi connectivity index (χ0) is 17.1. The zero-order valence-electron chi connectivity index (χ0n) is 13.3. The average Bonchev–Trinajstić information content (AvgIpc) is 3.20. The lowest BCUT2D eigenvalue weighted by Gasteiger charge is -2.27. The lowest BCUT2D eigenvalue weighted by molar-refractivity contribution is -0.0948. The number of anilines is 2. The van der Waals surface area contributed by atoms with Gasteiger partial charge in [0, 0.05) is 12.2 Å². The van der Waals surface area contributed by atoms with Crippen LogP contribution in [0, 0.1) is 0 Å². The molecule has 0 amide bonds. The molecule has 0 radical (unpaired) electrons. The van der Waals surface area contributed by atoms with Gasteiger partial charge in [-0.25, -0.2) is 0 Å². The van der Waals surface area contributed by atoms with E-state index in [1.165, 1.54) is 6.92 Å². The van der Waals surface area contributed by atoms with E-state index < -0.39 is 30.6 Å². The molecule has 1 aliphatic carbocycles. The van der Waals surface area contributed by atoms with Crippen molar-refractivity contribution in [3.63, 3.8) is 0 Å². The molecule has 2 fully saturated rings. The first-order valence-corrected chi connectivity index (χ1v) is 7.99. The molecule has 4 atom stereocenters. The topological polar surface area (TPSA) is 139 Å². The maximum Gasteiger partial charge on any atom is 0.223 e. The SMILES string of the molecule is C[C@@]1(O)[C@H](O)[C@@H](CO)O[C@H]1n1ccc2c(NC3CC3)nc(N)nc21. The second-order valence-corrected chi connectivity index (χ2v) is 6.69. The highest BCUT2D eigenvalue weighted by Gasteiger charge is 2.53. The van der Waals surface area contributed by atoms with Crippen LogP contribution in [0.5, 0.6) is 0 Å². The summed E-state index contributed by atoms with van der Waals surface area (Å²) in [5.74, 6) is 0.762. The Hall–Kier alpha value is -1.94. The van der Waals surface area contributed by atoms with Gasteiger partial charge in [0.25, 0.3) is 0 Å². The smallest absolute Gasteiger partial charge is 0.223 e. The fourth-order valence-electron chi connectivity index (χ4n) is 3.16. The molecule has 0 spiro atoms. The van der Waals surface area contributed by atoms with E-state index in [0.29, 0.717) is 17.5 Å². The van der Waals surface area contributed by atoms with Crippen LogP contribution >= 0.6 is 0 Å². The Bertz CT molecular complexity index is 773. The van der Waals surface area contributed by atoms with E-state index in [4.69, 9.17) is 10.5 Å². The van der Waals surface area contributed by atoms with Gasteiger partial charge in [0.2, 0.25) is 5.95 Å². The largest absolute Gasteiger partial charge is 0.394 e. The molecule has 9 nitrogen and oxygen atoms in total. The monoisotopic (exact) mass is 335 g/mol. The van der Waals surface area contributed by atoms with Crippen molar-refractivity contribution in [2.24, 2.45) is 0 Å². The molecule has 1 saturated heterocycles. The second-order valence-electron chi connectivity index (χ2n) is 6.69. The molecule has 1 aliphatic heterocycles. The van der Waals surface area contributed by atoms with Gasteiger partial charge in [-0.1, -0.05) is 0 Å². The fourth-order valence-corrected chi connectivity index (χ4v) is 3.16. The quantitative estimate of drug-likeness (QED) is 0.508. The third-order valence-corrected chi connectivity index (χ3v) is 4.69. The molecule has 3 heterocycles. The molecule has 130 valence electrons. The van der Waals surface area contributed by atoms with E-state index in [-0.39, 0.29) is 5.95 Å². The van der Waals surface area contributed by atoms with Crippen molar-refractivity contribution in [3.05, 3.63) is 12.3 Å². The van der Waals surface area contributed by atoms with E-state index in [2.05, 4.69) is 15.3 Å². The predicted octanol–water partition coefficient (Wildman–Crippen LogP) is -0.411. The summed E-state index contributed by atoms with van der Waals surface area (Å²) < 4.78 is 7.27. The third-order valence-electron chi connectivity index (χ3n) is 4.69. The Kier molecular flexibility index (Phi) is 3.43. The Morgan fingerprint density at radius 3 is 2.83 bits per heavy atom. The number of nitrogens with one attached hydrogen (secondary N) is 1. The first kappa shape index (κ1) is 15.6. The van der Waals surface area contributed by atoms with Gasteiger partial charge >= 0.3 is 0 Å². The van der Waals surface area contributed by atoms with Gasteiger partial charge in [0.15, 0.2) is 6.23 Å². The number of aromatic nitrogens is 3. The van der Waals surface area contributed by atoms with Crippen molar-refractivity contribution >= 4 is 22.8 Å². The van der Waals surface area contributed by atoms with Crippen molar-refractivity contribution in [1.29, 1.82) is 0 Å². The Morgan fingerprint density at radius 1 is 1.46 bits per heavy atom. The number of hydrogen-bond donors (Lipinski definition) is 5. The van der Waals surface area contributed by atoms with E-state index >= 15 is 0 Å². The van der Waals surface area contributed by atoms with Gasteiger partial charge in [0.1, 0.15) is 29.3 Å². The van der Waals surface area contributed by atoms with Crippen molar-refractivity contribution < 1.29 is 20.1 Å². The average molecular weight is 335 g/mol. The molecule has 2 aromatic heterocycles. The highest BCUT2D eigenvalue weighted by molar-refractivity contribution is 5.88. The number of hydrogen-bond acceptors (Lipinski definition) is 8. The predicted molar refractivity (Wildman–Crippen MR) is 86.2 cm³/mol. The summed E-state index contributed by atoms with van der Waals surface area (Å²) in [5.41, 5.74) is 4.75. The molecule has 0 unspecified atom stereocenters. The van der Waals surface area contributed by atoms with E-state index in [0.717, 1.165) is 18.2 Å². The Labute approximate surface area is 138 Å². The summed E-state index contributed by atoms with van der Waals surface area (Å²) in [4.78, 5) is 8.52. The minimum absolute atomic E-state index is 0.113. The van der Waals surface area contributed by atoms with Crippen LogP contribution < -0.4 is 11.1 Å². The zero-order valence-corrected chi connectivity index (χ0v) is 13.3. The lowest BCUT2D eigenvalue weighted by atomic mass is 9.96. The van der Waals surface area contributed by atoms with E-state index in [9.17, 15) is 15.3 Å². The minimum Gasteiger partial charge on any atom is -0.394 e. The van der Waals surface area contributed by atoms with Crippen LogP contribution in [0.1, 0.15) is 26.0 Å². The van der Waals surface area contributed by atoms with Gasteiger partial charge in [0.05, 0.1) is 12.0 Å². The Morgan fingerprint density at radius 2 is 2.21 bits per heavy atom. The normalized spacial score (nSPS) is 33.2. The standard InChI is InChI=1S/C15H21N5O4/c1-15(23)10(22)9(6-21)24-13(15)20-5-4-8-11(17-7-2-3-7)18-14(16)19-12(8)20/h4-5,7,9-10,13,21-23H,2-3,6H2,1H3,(H3,16,17,18,19)/t9-,10-,13-,15-/m1/s1. The summed E-state index contributed by atoms with van der Waals surface area (Å²) in [6.45, 7) is 1.08. The minimum atomic E-state index is -1.58. The molecule has 2 aliphatic rings. The van der Waals surface area contributed by atoms with Crippen molar-refractivity contribution in [3.8, 4) is 0 Å². The molecule has 1 saturated carbocycles. The number of aliphatic hydroxyl groups is 3. The third kappa shape index (κ3) is 2.32. The number of rotatable bonds is 4. The number of aliphatic hydroxyl groups excluding tert-OH is 2. The number of nitrogens with two attached hydrogens (primary N) is 1. The summed E-state index contributed by atoms with van der Waals surface area (Å²) in [6.07, 6.45) is 0.917. The maximum absolute atomic E-state index is 10.7. The van der Waals surface area contributed by atoms with Crippen LogP contribution in [-0.4, -0.2) is 60.3 Å². The molecule has 4 rings (SSSR count). The molecular weight excluding hydrogens is 314 g/mol. The van der Waals surface area contributed by atoms with E-state index in [1.54, 1.807) is 10.8 Å². The first-order valence-electron chi connectivity index (χ1n) is 7.99. The van der Waals surface area contributed by atoms with Crippen molar-refractivity contribution in [2.45, 2.75) is 49.8 Å². The number of nitrogens with zero attached hydrogens (tertiary/aromatic N) is 3. The van der Waals surface area contributed by atoms with Crippen LogP contribution in [0.2, 0.25) is 0 Å². The van der Waals surface area contributed by atoms with E-state index in [1.807, 2.05) is 6.07 Å². The molecule has 0 bridgehead atoms. The van der Waals surface area contributed by atoms with Gasteiger partial charge in [-0.05, 0) is 25.8 Å². The number of fused-ring (bicyclic) bond motifs is 1. The molecule has 24 heavy (non-hydrogen) atoms. The summed E-state index contributed by atoms with van der Waals surface area (Å²) in [5, 5.41) is 34.2. The van der Waals surface area contributed by atoms with Gasteiger partial charge in [-0.15, -0.1) is 0 Å². The van der Waals surface area contributed by atoms with Crippen molar-refractivity contribution in [2.75, 3.05) is 17.7 Å². The Balaban J connectivity index is 1.78. The molecule has 9 heteroatoms. The van der Waals surface area contributed by atoms with Crippen molar-refractivity contribution in [1.82, 2.24) is 14.5 Å². The van der Waals surface area contributed by atoms with Crippen LogP contribution in [0.3, 0.4) is 0 Å². The molecular formula is C15H21N5O4. The lowest BCUT2D eigenvalue weighted by Crippen LogP contribution is -2.44. The summed E-state index contributed by atoms with van der Waals surface area (Å²) >= 11 is 0. The molecule has 2 aromatic rings.